The molecule has 0 radical (unpaired) electrons. The van der Waals surface area contributed by atoms with Crippen molar-refractivity contribution in [2.75, 3.05) is 0 Å². The van der Waals surface area contributed by atoms with Crippen molar-refractivity contribution in [3.63, 3.8) is 0 Å². The number of hydrogen-bond acceptors (Lipinski definition) is 8. The molecular formula is BaCr2K2O8. The summed E-state index contributed by atoms with van der Waals surface area (Å²) in [5, 5.41) is 0. The van der Waals surface area contributed by atoms with Gasteiger partial charge < -0.3 is 0 Å². The van der Waals surface area contributed by atoms with E-state index in [1.165, 1.54) is 0 Å². The minimum atomic E-state index is -5.75. The van der Waals surface area contributed by atoms with Gasteiger partial charge in [0.25, 0.3) is 0 Å². The molecular weight excluding hydrogens is 448 g/mol. The molecule has 0 amide bonds. The zero-order valence-corrected chi connectivity index (χ0v) is 20.0. The first kappa shape index (κ1) is 30.8. The van der Waals surface area contributed by atoms with Crippen LogP contribution in [-0.4, -0.2) is 48.9 Å². The second kappa shape index (κ2) is 15.0. The normalized spacial score (nSPS) is 8.92. The molecule has 0 saturated heterocycles. The Morgan fingerprint density at radius 1 is 0.615 bits per heavy atom. The fraction of sp³-hybridized carbons (Fsp3) is 0. The van der Waals surface area contributed by atoms with Gasteiger partial charge in [-0.25, -0.2) is 0 Å². The van der Waals surface area contributed by atoms with Crippen LogP contribution in [0, 0.1) is 0 Å². The van der Waals surface area contributed by atoms with Crippen LogP contribution in [0.15, 0.2) is 0 Å². The van der Waals surface area contributed by atoms with E-state index in [-0.39, 0.29) is 152 Å². The maximum atomic E-state index is 8.59. The predicted molar refractivity (Wildman–Crippen MR) is 8.50 cm³/mol. The zero-order chi connectivity index (χ0) is 9.00. The van der Waals surface area contributed by atoms with Crippen LogP contribution in [0.1, 0.15) is 0 Å². The van der Waals surface area contributed by atoms with Crippen LogP contribution in [0.3, 0.4) is 0 Å². The molecule has 0 bridgehead atoms. The van der Waals surface area contributed by atoms with Crippen LogP contribution < -0.4 is 119 Å². The summed E-state index contributed by atoms with van der Waals surface area (Å²) in [5.41, 5.74) is 0. The topological polar surface area (TPSA) is 161 Å². The molecule has 0 spiro atoms. The fourth-order valence-corrected chi connectivity index (χ4v) is 0. The molecule has 0 N–H and O–H groups in total. The summed E-state index contributed by atoms with van der Waals surface area (Å²) < 4.78 is 68.8. The van der Waals surface area contributed by atoms with Gasteiger partial charge in [0.05, 0.1) is 0 Å². The molecule has 64 valence electrons. The van der Waals surface area contributed by atoms with Gasteiger partial charge >= 0.3 is 211 Å². The van der Waals surface area contributed by atoms with Crippen LogP contribution in [0.25, 0.3) is 0 Å². The molecule has 0 aliphatic carbocycles. The molecule has 0 unspecified atom stereocenters. The summed E-state index contributed by atoms with van der Waals surface area (Å²) in [6.07, 6.45) is 0. The molecule has 0 aromatic heterocycles. The third kappa shape index (κ3) is 155. The van der Waals surface area contributed by atoms with Gasteiger partial charge in [0.2, 0.25) is 0 Å². The van der Waals surface area contributed by atoms with Gasteiger partial charge in [0.1, 0.15) is 0 Å². The quantitative estimate of drug-likeness (QED) is 0.331. The first-order valence-corrected chi connectivity index (χ1v) is 5.50. The van der Waals surface area contributed by atoms with Crippen molar-refractivity contribution in [1.29, 1.82) is 0 Å². The second-order valence-electron chi connectivity index (χ2n) is 0.816. The molecule has 0 rings (SSSR count). The number of rotatable bonds is 0. The molecule has 0 aliphatic rings. The zero-order valence-electron chi connectivity index (χ0n) is 6.79. The Labute approximate surface area is 204 Å². The number of hydrogen-bond donors (Lipinski definition) is 0. The Hall–Kier alpha value is 4.95. The maximum absolute atomic E-state index is 8.59. The molecule has 13 heavy (non-hydrogen) atoms. The van der Waals surface area contributed by atoms with E-state index in [4.69, 9.17) is 31.8 Å². The molecule has 13 heteroatoms. The summed E-state index contributed by atoms with van der Waals surface area (Å²) >= 11 is -11.5. The minimum absolute atomic E-state index is 0. The second-order valence-corrected chi connectivity index (χ2v) is 3.37. The van der Waals surface area contributed by atoms with Crippen molar-refractivity contribution in [1.82, 2.24) is 0 Å². The van der Waals surface area contributed by atoms with Crippen molar-refractivity contribution in [3.8, 4) is 0 Å². The van der Waals surface area contributed by atoms with Gasteiger partial charge in [-0.05, 0) is 0 Å². The van der Waals surface area contributed by atoms with Gasteiger partial charge in [-0.2, -0.15) is 0 Å². The Morgan fingerprint density at radius 2 is 0.615 bits per heavy atom. The Kier molecular flexibility index (Phi) is 35.5. The van der Waals surface area contributed by atoms with Crippen LogP contribution in [0.5, 0.6) is 0 Å². The van der Waals surface area contributed by atoms with Gasteiger partial charge in [0.15, 0.2) is 0 Å². The van der Waals surface area contributed by atoms with Gasteiger partial charge in [-0.3, -0.25) is 0 Å². The fourth-order valence-electron chi connectivity index (χ4n) is 0. The Balaban J connectivity index is -0.0000000267. The van der Waals surface area contributed by atoms with Crippen molar-refractivity contribution < 1.29 is 162 Å². The van der Waals surface area contributed by atoms with E-state index in [0.29, 0.717) is 0 Å². The standard InChI is InChI=1S/Ba.2Cr.2K.8O/q+2;;;2*+1;;;;;4*-1. The van der Waals surface area contributed by atoms with Crippen LogP contribution in [0.2, 0.25) is 0 Å². The SMILES string of the molecule is [Ba+2].[K+].[K+].[O]=[Cr](=[O])([O-])[O-].[O]=[Cr](=[O])([O-])[O-]. The predicted octanol–water partition coefficient (Wildman–Crippen LogP) is -11.6. The van der Waals surface area contributed by atoms with Crippen LogP contribution in [-0.2, 0) is 42.4 Å². The van der Waals surface area contributed by atoms with E-state index >= 15 is 0 Å². The van der Waals surface area contributed by atoms with Crippen LogP contribution >= 0.6 is 0 Å². The van der Waals surface area contributed by atoms with Gasteiger partial charge in [-0.1, -0.05) is 0 Å². The van der Waals surface area contributed by atoms with Crippen molar-refractivity contribution >= 4 is 48.9 Å². The molecule has 8 nitrogen and oxygen atoms in total. The monoisotopic (exact) mass is 448 g/mol. The van der Waals surface area contributed by atoms with E-state index in [0.717, 1.165) is 0 Å². The van der Waals surface area contributed by atoms with Gasteiger partial charge in [-0.15, -0.1) is 0 Å². The first-order chi connectivity index (χ1) is 4.00. The summed E-state index contributed by atoms with van der Waals surface area (Å²) in [7, 11) is 0. The van der Waals surface area contributed by atoms with Crippen molar-refractivity contribution in [2.45, 2.75) is 0 Å². The van der Waals surface area contributed by atoms with Gasteiger partial charge in [0, 0.05) is 0 Å². The van der Waals surface area contributed by atoms with Crippen molar-refractivity contribution in [2.24, 2.45) is 0 Å². The van der Waals surface area contributed by atoms with E-state index in [9.17, 15) is 0 Å². The third-order valence-corrected chi connectivity index (χ3v) is 0. The molecule has 0 atom stereocenters. The molecule has 0 heterocycles. The molecule has 0 fully saturated rings. The average molecular weight is 448 g/mol. The Bertz CT molecular complexity index is 217. The molecule has 0 saturated carbocycles. The molecule has 0 aromatic carbocycles. The van der Waals surface area contributed by atoms with E-state index < -0.39 is 27.2 Å². The van der Waals surface area contributed by atoms with Crippen molar-refractivity contribution in [3.05, 3.63) is 0 Å². The summed E-state index contributed by atoms with van der Waals surface area (Å²) in [5.74, 6) is 0. The van der Waals surface area contributed by atoms with E-state index in [1.54, 1.807) is 0 Å². The van der Waals surface area contributed by atoms with E-state index in [2.05, 4.69) is 0 Å². The summed E-state index contributed by atoms with van der Waals surface area (Å²) in [6, 6.07) is 0. The molecule has 0 aromatic rings. The molecule has 0 aliphatic heterocycles. The van der Waals surface area contributed by atoms with E-state index in [1.807, 2.05) is 0 Å². The van der Waals surface area contributed by atoms with Crippen LogP contribution in [0.4, 0.5) is 0 Å². The summed E-state index contributed by atoms with van der Waals surface area (Å²) in [4.78, 5) is 0. The summed E-state index contributed by atoms with van der Waals surface area (Å²) in [6.45, 7) is 0. The first-order valence-electron chi connectivity index (χ1n) is 1.33. The third-order valence-electron chi connectivity index (χ3n) is 0. The Morgan fingerprint density at radius 3 is 0.615 bits per heavy atom. The average Bonchev–Trinajstić information content (AvgIpc) is 1.12.